The van der Waals surface area contributed by atoms with Gasteiger partial charge in [0.15, 0.2) is 0 Å². The first-order valence-corrected chi connectivity index (χ1v) is 18.4. The standard InChI is InChI=1S/C48H35F6N3O/c1-46(2,3)37-25-33(24-34(26-37)41-11-6-7-22-55-41)39-10-8-12-42-44(39)56-45(40-9-4-5-13-43(40)58)57(42)38-27-31(29-14-18-35(19-15-29)47(49,50)51)23-32(28-38)30-16-20-36(21-17-30)48(52,53)54/h4-28,58H,1-3H3. The van der Waals surface area contributed by atoms with Crippen LogP contribution in [0.2, 0.25) is 0 Å². The monoisotopic (exact) mass is 783 g/mol. The van der Waals surface area contributed by atoms with Crippen LogP contribution in [0, 0.1) is 0 Å². The molecular weight excluding hydrogens is 749 g/mol. The molecule has 4 nitrogen and oxygen atoms in total. The number of para-hydroxylation sites is 2. The maximum atomic E-state index is 13.6. The van der Waals surface area contributed by atoms with Gasteiger partial charge in [-0.3, -0.25) is 9.55 Å². The van der Waals surface area contributed by atoms with Gasteiger partial charge in [-0.1, -0.05) is 81.4 Å². The fourth-order valence-electron chi connectivity index (χ4n) is 7.11. The fourth-order valence-corrected chi connectivity index (χ4v) is 7.11. The molecule has 0 aliphatic heterocycles. The molecule has 0 fully saturated rings. The molecule has 0 atom stereocenters. The zero-order valence-corrected chi connectivity index (χ0v) is 31.5. The Hall–Kier alpha value is -6.68. The van der Waals surface area contributed by atoms with E-state index in [1.54, 1.807) is 48.7 Å². The van der Waals surface area contributed by atoms with E-state index in [0.717, 1.165) is 52.2 Å². The number of fused-ring (bicyclic) bond motifs is 1. The number of nitrogens with zero attached hydrogens (tertiary/aromatic N) is 3. The van der Waals surface area contributed by atoms with Crippen LogP contribution in [0.4, 0.5) is 26.3 Å². The third-order valence-corrected chi connectivity index (χ3v) is 10.2. The molecule has 8 rings (SSSR count). The Labute approximate surface area is 330 Å². The van der Waals surface area contributed by atoms with Gasteiger partial charge < -0.3 is 5.11 Å². The molecule has 8 aromatic rings. The number of benzene rings is 6. The van der Waals surface area contributed by atoms with E-state index in [9.17, 15) is 31.4 Å². The van der Waals surface area contributed by atoms with Crippen molar-refractivity contribution < 1.29 is 31.4 Å². The number of halogens is 6. The number of aromatic nitrogens is 3. The van der Waals surface area contributed by atoms with Gasteiger partial charge in [-0.25, -0.2) is 4.98 Å². The summed E-state index contributed by atoms with van der Waals surface area (Å²) < 4.78 is 83.4. The molecule has 2 aromatic heterocycles. The topological polar surface area (TPSA) is 50.9 Å². The molecule has 0 aliphatic carbocycles. The van der Waals surface area contributed by atoms with Crippen molar-refractivity contribution in [3.63, 3.8) is 0 Å². The van der Waals surface area contributed by atoms with Crippen LogP contribution in [0.3, 0.4) is 0 Å². The zero-order chi connectivity index (χ0) is 41.0. The molecule has 0 radical (unpaired) electrons. The lowest BCUT2D eigenvalue weighted by Crippen LogP contribution is -2.11. The normalized spacial score (nSPS) is 12.3. The van der Waals surface area contributed by atoms with Crippen LogP contribution in [-0.4, -0.2) is 19.6 Å². The summed E-state index contributed by atoms with van der Waals surface area (Å²) in [5, 5.41) is 11.2. The van der Waals surface area contributed by atoms with Crippen LogP contribution < -0.4 is 0 Å². The van der Waals surface area contributed by atoms with Gasteiger partial charge in [0.1, 0.15) is 11.6 Å². The maximum absolute atomic E-state index is 13.6. The molecule has 0 aliphatic rings. The lowest BCUT2D eigenvalue weighted by molar-refractivity contribution is -0.138. The Bertz CT molecular complexity index is 2710. The molecule has 6 aromatic carbocycles. The summed E-state index contributed by atoms with van der Waals surface area (Å²) in [4.78, 5) is 9.83. The van der Waals surface area contributed by atoms with E-state index in [-0.39, 0.29) is 11.2 Å². The van der Waals surface area contributed by atoms with E-state index < -0.39 is 23.5 Å². The number of hydrogen-bond acceptors (Lipinski definition) is 3. The van der Waals surface area contributed by atoms with Crippen molar-refractivity contribution in [2.45, 2.75) is 38.5 Å². The summed E-state index contributed by atoms with van der Waals surface area (Å²) >= 11 is 0. The molecule has 0 unspecified atom stereocenters. The van der Waals surface area contributed by atoms with Crippen LogP contribution in [0.15, 0.2) is 152 Å². The number of pyridine rings is 1. The summed E-state index contributed by atoms with van der Waals surface area (Å²) in [6.45, 7) is 6.41. The van der Waals surface area contributed by atoms with Crippen LogP contribution in [0.5, 0.6) is 5.75 Å². The first-order valence-electron chi connectivity index (χ1n) is 18.4. The smallest absolute Gasteiger partial charge is 0.416 e. The molecule has 0 saturated heterocycles. The van der Waals surface area contributed by atoms with Gasteiger partial charge in [-0.2, -0.15) is 26.3 Å². The molecule has 0 saturated carbocycles. The third kappa shape index (κ3) is 7.45. The Morgan fingerprint density at radius 3 is 1.60 bits per heavy atom. The molecule has 0 bridgehead atoms. The average molecular weight is 784 g/mol. The minimum absolute atomic E-state index is 0.0327. The van der Waals surface area contributed by atoms with Gasteiger partial charge in [0.25, 0.3) is 0 Å². The highest BCUT2D eigenvalue weighted by Crippen LogP contribution is 2.42. The predicted molar refractivity (Wildman–Crippen MR) is 216 cm³/mol. The van der Waals surface area contributed by atoms with Gasteiger partial charge in [-0.15, -0.1) is 0 Å². The Morgan fingerprint density at radius 1 is 0.500 bits per heavy atom. The minimum Gasteiger partial charge on any atom is -0.507 e. The van der Waals surface area contributed by atoms with Crippen molar-refractivity contribution in [2.75, 3.05) is 0 Å². The molecule has 1 N–H and O–H groups in total. The number of phenolic OH excluding ortho intramolecular Hbond substituents is 1. The lowest BCUT2D eigenvalue weighted by atomic mass is 9.83. The molecular formula is C48H35F6N3O. The van der Waals surface area contributed by atoms with E-state index in [0.29, 0.717) is 50.4 Å². The number of imidazole rings is 1. The second kappa shape index (κ2) is 14.4. The quantitative estimate of drug-likeness (QED) is 0.171. The maximum Gasteiger partial charge on any atom is 0.416 e. The van der Waals surface area contributed by atoms with Crippen molar-refractivity contribution >= 4 is 11.0 Å². The highest BCUT2D eigenvalue weighted by molar-refractivity contribution is 5.97. The predicted octanol–water partition coefficient (Wildman–Crippen LogP) is 13.8. The van der Waals surface area contributed by atoms with Crippen LogP contribution in [0.1, 0.15) is 37.5 Å². The summed E-state index contributed by atoms with van der Waals surface area (Å²) in [5.41, 5.74) is 6.78. The summed E-state index contributed by atoms with van der Waals surface area (Å²) in [7, 11) is 0. The first-order chi connectivity index (χ1) is 27.5. The molecule has 2 heterocycles. The van der Waals surface area contributed by atoms with Crippen molar-refractivity contribution in [1.29, 1.82) is 0 Å². The average Bonchev–Trinajstić information content (AvgIpc) is 3.60. The third-order valence-electron chi connectivity index (χ3n) is 10.2. The van der Waals surface area contributed by atoms with Gasteiger partial charge in [-0.05, 0) is 124 Å². The zero-order valence-electron chi connectivity index (χ0n) is 31.5. The Morgan fingerprint density at radius 2 is 1.05 bits per heavy atom. The van der Waals surface area contributed by atoms with Crippen LogP contribution in [-0.2, 0) is 17.8 Å². The second-order valence-corrected chi connectivity index (χ2v) is 15.1. The molecule has 0 amide bonds. The van der Waals surface area contributed by atoms with Gasteiger partial charge in [0, 0.05) is 23.0 Å². The van der Waals surface area contributed by atoms with Gasteiger partial charge >= 0.3 is 12.4 Å². The molecule has 0 spiro atoms. The summed E-state index contributed by atoms with van der Waals surface area (Å²) in [6, 6.07) is 39.4. The number of hydrogen-bond donors (Lipinski definition) is 1. The minimum atomic E-state index is -4.55. The second-order valence-electron chi connectivity index (χ2n) is 15.1. The first kappa shape index (κ1) is 38.2. The number of rotatable bonds is 6. The van der Waals surface area contributed by atoms with E-state index >= 15 is 0 Å². The van der Waals surface area contributed by atoms with E-state index in [1.807, 2.05) is 41.0 Å². The fraction of sp³-hybridized carbons (Fsp3) is 0.125. The van der Waals surface area contributed by atoms with Crippen molar-refractivity contribution in [2.24, 2.45) is 0 Å². The van der Waals surface area contributed by atoms with Crippen LogP contribution in [0.25, 0.3) is 72.7 Å². The largest absolute Gasteiger partial charge is 0.507 e. The molecule has 58 heavy (non-hydrogen) atoms. The van der Waals surface area contributed by atoms with E-state index in [4.69, 9.17) is 4.98 Å². The summed E-state index contributed by atoms with van der Waals surface area (Å²) in [6.07, 6.45) is -7.34. The Balaban J connectivity index is 1.40. The molecule has 10 heteroatoms. The highest BCUT2D eigenvalue weighted by Gasteiger charge is 2.31. The number of aromatic hydroxyl groups is 1. The SMILES string of the molecule is CC(C)(C)c1cc(-c2ccccn2)cc(-c2cccc3c2nc(-c2ccccc2O)n3-c2cc(-c3ccc(C(F)(F)F)cc3)cc(-c3ccc(C(F)(F)F)cc3)c2)c1. The number of phenols is 1. The van der Waals surface area contributed by atoms with Gasteiger partial charge in [0.05, 0.1) is 33.4 Å². The number of alkyl halides is 6. The van der Waals surface area contributed by atoms with Crippen molar-refractivity contribution in [1.82, 2.24) is 14.5 Å². The molecule has 290 valence electrons. The summed E-state index contributed by atoms with van der Waals surface area (Å²) in [5.74, 6) is 0.343. The van der Waals surface area contributed by atoms with E-state index in [1.165, 1.54) is 24.3 Å². The van der Waals surface area contributed by atoms with E-state index in [2.05, 4.69) is 44.0 Å². The highest BCUT2D eigenvalue weighted by atomic mass is 19.4. The van der Waals surface area contributed by atoms with Crippen molar-refractivity contribution in [3.05, 3.63) is 168 Å². The van der Waals surface area contributed by atoms with Gasteiger partial charge in [0.2, 0.25) is 0 Å². The lowest BCUT2D eigenvalue weighted by Gasteiger charge is -2.21. The Kier molecular flexibility index (Phi) is 9.46. The van der Waals surface area contributed by atoms with Crippen LogP contribution >= 0.6 is 0 Å². The van der Waals surface area contributed by atoms with Crippen molar-refractivity contribution in [3.8, 4) is 67.5 Å².